The number of aliphatic hydroxyl groups is 2. The van der Waals surface area contributed by atoms with Crippen LogP contribution in [0.25, 0.3) is 22.2 Å². The molecule has 0 saturated carbocycles. The van der Waals surface area contributed by atoms with Crippen LogP contribution in [0.2, 0.25) is 0 Å². The molecule has 0 spiro atoms. The summed E-state index contributed by atoms with van der Waals surface area (Å²) in [5.41, 5.74) is 5.31. The lowest BCUT2D eigenvalue weighted by Gasteiger charge is -2.34. The molecule has 3 atom stereocenters. The average molecular weight is 490 g/mol. The molecule has 1 aromatic carbocycles. The Bertz CT molecular complexity index is 1430. The molecule has 1 amide bonds. The SMILES string of the molecule is C[C@@]1(O)C[C@H](O)CN(C(=O)c2ccc3nc(C(F)(F)F)[nH]c3c2)C[C@H]1n1cnc2c(N)ncnc21. The van der Waals surface area contributed by atoms with Crippen LogP contribution in [-0.4, -0.2) is 75.3 Å². The average Bonchev–Trinajstić information content (AvgIpc) is 3.37. The van der Waals surface area contributed by atoms with Gasteiger partial charge < -0.3 is 30.4 Å². The normalized spacial score (nSPS) is 23.7. The number of aliphatic hydroxyl groups excluding tert-OH is 1. The predicted octanol–water partition coefficient (Wildman–Crippen LogP) is 1.50. The number of H-pyrrole nitrogens is 1. The zero-order valence-electron chi connectivity index (χ0n) is 18.4. The Morgan fingerprint density at radius 2 is 2.03 bits per heavy atom. The highest BCUT2D eigenvalue weighted by Gasteiger charge is 2.42. The highest BCUT2D eigenvalue weighted by Crippen LogP contribution is 2.35. The maximum Gasteiger partial charge on any atom is 0.449 e. The largest absolute Gasteiger partial charge is 0.449 e. The molecule has 0 unspecified atom stereocenters. The second-order valence-corrected chi connectivity index (χ2v) is 8.84. The van der Waals surface area contributed by atoms with Crippen molar-refractivity contribution < 1.29 is 28.2 Å². The van der Waals surface area contributed by atoms with Crippen molar-refractivity contribution in [3.8, 4) is 0 Å². The third-order valence-electron chi connectivity index (χ3n) is 6.20. The number of aromatic nitrogens is 6. The predicted molar refractivity (Wildman–Crippen MR) is 117 cm³/mol. The van der Waals surface area contributed by atoms with Gasteiger partial charge in [-0.05, 0) is 25.1 Å². The number of rotatable bonds is 2. The summed E-state index contributed by atoms with van der Waals surface area (Å²) in [7, 11) is 0. The Labute approximate surface area is 195 Å². The van der Waals surface area contributed by atoms with Crippen LogP contribution in [0, 0.1) is 0 Å². The molecule has 11 nitrogen and oxygen atoms in total. The number of alkyl halides is 3. The molecule has 1 fully saturated rings. The molecule has 0 aliphatic carbocycles. The van der Waals surface area contributed by atoms with Gasteiger partial charge in [-0.25, -0.2) is 19.9 Å². The molecule has 14 heteroatoms. The van der Waals surface area contributed by atoms with E-state index in [1.165, 1.54) is 35.8 Å². The van der Waals surface area contributed by atoms with Crippen molar-refractivity contribution in [2.24, 2.45) is 0 Å². The van der Waals surface area contributed by atoms with Gasteiger partial charge in [-0.15, -0.1) is 0 Å². The zero-order chi connectivity index (χ0) is 25.1. The maximum atomic E-state index is 13.4. The first-order valence-electron chi connectivity index (χ1n) is 10.6. The number of amides is 1. The lowest BCUT2D eigenvalue weighted by Crippen LogP contribution is -2.42. The topological polar surface area (TPSA) is 159 Å². The first-order valence-corrected chi connectivity index (χ1v) is 10.6. The van der Waals surface area contributed by atoms with E-state index in [1.54, 1.807) is 11.5 Å². The highest BCUT2D eigenvalue weighted by atomic mass is 19.4. The van der Waals surface area contributed by atoms with E-state index >= 15 is 0 Å². The van der Waals surface area contributed by atoms with E-state index in [0.29, 0.717) is 11.2 Å². The van der Waals surface area contributed by atoms with Crippen LogP contribution in [0.3, 0.4) is 0 Å². The minimum Gasteiger partial charge on any atom is -0.391 e. The van der Waals surface area contributed by atoms with Crippen LogP contribution in [0.1, 0.15) is 35.6 Å². The number of benzene rings is 1. The molecule has 1 aliphatic heterocycles. The van der Waals surface area contributed by atoms with Crippen molar-refractivity contribution in [3.05, 3.63) is 42.2 Å². The minimum absolute atomic E-state index is 0.0346. The second-order valence-electron chi connectivity index (χ2n) is 8.84. The molecule has 4 aromatic rings. The molecule has 5 rings (SSSR count). The Morgan fingerprint density at radius 3 is 2.77 bits per heavy atom. The number of fused-ring (bicyclic) bond motifs is 2. The number of imidazole rings is 2. The number of nitrogens with two attached hydrogens (primary N) is 1. The van der Waals surface area contributed by atoms with E-state index in [2.05, 4.69) is 24.9 Å². The third-order valence-corrected chi connectivity index (χ3v) is 6.20. The number of hydrogen-bond donors (Lipinski definition) is 4. The lowest BCUT2D eigenvalue weighted by molar-refractivity contribution is -0.144. The third kappa shape index (κ3) is 4.04. The van der Waals surface area contributed by atoms with Gasteiger partial charge >= 0.3 is 6.18 Å². The van der Waals surface area contributed by atoms with Gasteiger partial charge in [-0.1, -0.05) is 0 Å². The number of anilines is 1. The van der Waals surface area contributed by atoms with Gasteiger partial charge in [0.15, 0.2) is 11.5 Å². The number of aromatic amines is 1. The molecule has 0 radical (unpaired) electrons. The lowest BCUT2D eigenvalue weighted by atomic mass is 9.91. The molecular formula is C21H21F3N8O3. The zero-order valence-corrected chi connectivity index (χ0v) is 18.4. The summed E-state index contributed by atoms with van der Waals surface area (Å²) >= 11 is 0. The van der Waals surface area contributed by atoms with Gasteiger partial charge in [-0.2, -0.15) is 13.2 Å². The quantitative estimate of drug-likeness (QED) is 0.329. The number of carbonyl (C=O) groups is 1. The molecule has 1 aliphatic rings. The number of likely N-dealkylation sites (tertiary alicyclic amines) is 1. The molecule has 184 valence electrons. The van der Waals surface area contributed by atoms with Crippen molar-refractivity contribution in [2.75, 3.05) is 18.8 Å². The fraction of sp³-hybridized carbons (Fsp3) is 0.381. The van der Waals surface area contributed by atoms with Gasteiger partial charge in [0.05, 0.1) is 35.1 Å². The number of nitrogen functional groups attached to an aromatic ring is 1. The van der Waals surface area contributed by atoms with Crippen LogP contribution in [0.5, 0.6) is 0 Å². The van der Waals surface area contributed by atoms with E-state index in [4.69, 9.17) is 5.73 Å². The van der Waals surface area contributed by atoms with Crippen LogP contribution in [0.15, 0.2) is 30.9 Å². The Balaban J connectivity index is 1.51. The molecule has 4 heterocycles. The monoisotopic (exact) mass is 490 g/mol. The van der Waals surface area contributed by atoms with Gasteiger partial charge in [0.1, 0.15) is 11.8 Å². The summed E-state index contributed by atoms with van der Waals surface area (Å²) in [6.07, 6.45) is -3.06. The second kappa shape index (κ2) is 7.88. The van der Waals surface area contributed by atoms with Crippen LogP contribution in [-0.2, 0) is 6.18 Å². The number of carbonyl (C=O) groups excluding carboxylic acids is 1. The van der Waals surface area contributed by atoms with E-state index in [1.807, 2.05) is 0 Å². The molecule has 1 saturated heterocycles. The van der Waals surface area contributed by atoms with Crippen molar-refractivity contribution in [1.29, 1.82) is 0 Å². The van der Waals surface area contributed by atoms with Gasteiger partial charge in [0, 0.05) is 25.1 Å². The van der Waals surface area contributed by atoms with E-state index < -0.39 is 35.7 Å². The number of halogens is 3. The van der Waals surface area contributed by atoms with Gasteiger partial charge in [0.25, 0.3) is 5.91 Å². The van der Waals surface area contributed by atoms with Crippen molar-refractivity contribution in [3.63, 3.8) is 0 Å². The standard InChI is InChI=1S/C21H21F3N8O3/c1-20(35)5-11(33)6-31(7-14(20)32-9-28-15-16(25)26-8-27-17(15)32)18(34)10-2-3-12-13(4-10)30-19(29-12)21(22,23)24/h2-4,8-9,11,14,33,35H,5-7H2,1H3,(H,29,30)(H2,25,26,27)/t11-,14+,20+/m0/s1. The smallest absolute Gasteiger partial charge is 0.391 e. The number of nitrogens with one attached hydrogen (secondary N) is 1. The number of nitrogens with zero attached hydrogens (tertiary/aromatic N) is 6. The first kappa shape index (κ1) is 23.0. The van der Waals surface area contributed by atoms with Crippen molar-refractivity contribution in [1.82, 2.24) is 34.4 Å². The summed E-state index contributed by atoms with van der Waals surface area (Å²) in [6.45, 7) is 1.41. The van der Waals surface area contributed by atoms with Crippen LogP contribution in [0.4, 0.5) is 19.0 Å². The molecule has 5 N–H and O–H groups in total. The Hall–Kier alpha value is -3.78. The van der Waals surface area contributed by atoms with E-state index in [0.717, 1.165) is 0 Å². The number of hydrogen-bond acceptors (Lipinski definition) is 8. The van der Waals surface area contributed by atoms with E-state index in [-0.39, 0.29) is 41.9 Å². The van der Waals surface area contributed by atoms with Crippen molar-refractivity contribution in [2.45, 2.75) is 37.3 Å². The number of β-amino-alcohol motifs (C(OH)–C–C–N with tert-alkyl or cyclic N) is 1. The van der Waals surface area contributed by atoms with Gasteiger partial charge in [-0.3, -0.25) is 4.79 Å². The summed E-state index contributed by atoms with van der Waals surface area (Å²) < 4.78 is 40.6. The Kier molecular flexibility index (Phi) is 5.18. The summed E-state index contributed by atoms with van der Waals surface area (Å²) in [6, 6.07) is 3.21. The fourth-order valence-corrected chi connectivity index (χ4v) is 4.52. The fourth-order valence-electron chi connectivity index (χ4n) is 4.52. The molecule has 35 heavy (non-hydrogen) atoms. The van der Waals surface area contributed by atoms with Crippen LogP contribution >= 0.6 is 0 Å². The van der Waals surface area contributed by atoms with E-state index in [9.17, 15) is 28.2 Å². The van der Waals surface area contributed by atoms with Crippen LogP contribution < -0.4 is 5.73 Å². The molecule has 3 aromatic heterocycles. The summed E-state index contributed by atoms with van der Waals surface area (Å²) in [5, 5.41) is 21.8. The maximum absolute atomic E-state index is 13.4. The summed E-state index contributed by atoms with van der Waals surface area (Å²) in [4.78, 5) is 32.8. The van der Waals surface area contributed by atoms with Crippen molar-refractivity contribution >= 4 is 33.9 Å². The first-order chi connectivity index (χ1) is 16.4. The highest BCUT2D eigenvalue weighted by molar-refractivity contribution is 5.97. The molecular weight excluding hydrogens is 469 g/mol. The van der Waals surface area contributed by atoms with Gasteiger partial charge in [0.2, 0.25) is 5.82 Å². The minimum atomic E-state index is -4.66. The molecule has 0 bridgehead atoms. The summed E-state index contributed by atoms with van der Waals surface area (Å²) in [5.74, 6) is -1.54. The Morgan fingerprint density at radius 1 is 1.26 bits per heavy atom.